The average Bonchev–Trinajstić information content (AvgIpc) is 2.78. The van der Waals surface area contributed by atoms with Gasteiger partial charge in [-0.15, -0.1) is 0 Å². The molecule has 0 amide bonds. The Labute approximate surface area is 107 Å². The minimum Gasteiger partial charge on any atom is -0.376 e. The fraction of sp³-hybridized carbons (Fsp3) is 1.00. The average molecular weight is 239 g/mol. The van der Waals surface area contributed by atoms with Gasteiger partial charge in [-0.05, 0) is 50.0 Å². The van der Waals surface area contributed by atoms with Crippen LogP contribution in [0.25, 0.3) is 0 Å². The molecular formula is C15H29NO. The molecule has 17 heavy (non-hydrogen) atoms. The first kappa shape index (κ1) is 13.4. The molecule has 3 unspecified atom stereocenters. The van der Waals surface area contributed by atoms with Gasteiger partial charge in [0.1, 0.15) is 0 Å². The summed E-state index contributed by atoms with van der Waals surface area (Å²) < 4.78 is 6.25. The molecule has 1 aliphatic carbocycles. The van der Waals surface area contributed by atoms with Crippen LogP contribution in [-0.2, 0) is 4.74 Å². The molecule has 0 spiro atoms. The van der Waals surface area contributed by atoms with Gasteiger partial charge in [-0.2, -0.15) is 0 Å². The van der Waals surface area contributed by atoms with Gasteiger partial charge in [0, 0.05) is 6.04 Å². The molecule has 0 aromatic carbocycles. The molecule has 100 valence electrons. The highest BCUT2D eigenvalue weighted by molar-refractivity contribution is 4.82. The van der Waals surface area contributed by atoms with Crippen LogP contribution in [0.1, 0.15) is 52.9 Å². The standard InChI is InChI=1S/C15H29NO/c1-11(2)14-7-6-12(3)9-15(14)17-10-13-5-4-8-16-13/h11-16H,4-10H2,1-3H3/t12?,13-,14?,15?/m0/s1. The Bertz CT molecular complexity index is 223. The van der Waals surface area contributed by atoms with Gasteiger partial charge >= 0.3 is 0 Å². The van der Waals surface area contributed by atoms with Crippen molar-refractivity contribution in [1.29, 1.82) is 0 Å². The van der Waals surface area contributed by atoms with Crippen LogP contribution < -0.4 is 5.32 Å². The Balaban J connectivity index is 1.81. The van der Waals surface area contributed by atoms with Gasteiger partial charge in [-0.1, -0.05) is 27.2 Å². The Hall–Kier alpha value is -0.0800. The summed E-state index contributed by atoms with van der Waals surface area (Å²) in [5.41, 5.74) is 0. The number of nitrogens with one attached hydrogen (secondary N) is 1. The van der Waals surface area contributed by atoms with E-state index < -0.39 is 0 Å². The summed E-state index contributed by atoms with van der Waals surface area (Å²) in [5, 5.41) is 3.53. The van der Waals surface area contributed by atoms with E-state index in [2.05, 4.69) is 26.1 Å². The van der Waals surface area contributed by atoms with Gasteiger partial charge in [0.25, 0.3) is 0 Å². The van der Waals surface area contributed by atoms with E-state index in [9.17, 15) is 0 Å². The molecule has 4 atom stereocenters. The van der Waals surface area contributed by atoms with E-state index in [4.69, 9.17) is 4.74 Å². The Kier molecular flexibility index (Phi) is 4.87. The molecule has 1 saturated heterocycles. The molecule has 2 rings (SSSR count). The molecule has 1 saturated carbocycles. The maximum atomic E-state index is 6.25. The normalized spacial score (nSPS) is 38.8. The number of rotatable bonds is 4. The largest absolute Gasteiger partial charge is 0.376 e. The molecular weight excluding hydrogens is 210 g/mol. The Morgan fingerprint density at radius 3 is 2.71 bits per heavy atom. The monoisotopic (exact) mass is 239 g/mol. The lowest BCUT2D eigenvalue weighted by molar-refractivity contribution is -0.0443. The van der Waals surface area contributed by atoms with Gasteiger partial charge < -0.3 is 10.1 Å². The van der Waals surface area contributed by atoms with Gasteiger partial charge in [0.2, 0.25) is 0 Å². The second-order valence-electron chi connectivity index (χ2n) is 6.49. The highest BCUT2D eigenvalue weighted by Crippen LogP contribution is 2.35. The van der Waals surface area contributed by atoms with E-state index in [1.807, 2.05) is 0 Å². The molecule has 1 heterocycles. The van der Waals surface area contributed by atoms with Crippen molar-refractivity contribution >= 4 is 0 Å². The van der Waals surface area contributed by atoms with Gasteiger partial charge in [-0.3, -0.25) is 0 Å². The predicted octanol–water partition coefficient (Wildman–Crippen LogP) is 3.22. The molecule has 0 bridgehead atoms. The molecule has 1 aliphatic heterocycles. The van der Waals surface area contributed by atoms with Crippen LogP contribution in [0.5, 0.6) is 0 Å². The predicted molar refractivity (Wildman–Crippen MR) is 72.1 cm³/mol. The molecule has 2 aliphatic rings. The van der Waals surface area contributed by atoms with Crippen LogP contribution in [0.15, 0.2) is 0 Å². The lowest BCUT2D eigenvalue weighted by Gasteiger charge is -2.37. The van der Waals surface area contributed by atoms with Crippen LogP contribution >= 0.6 is 0 Å². The summed E-state index contributed by atoms with van der Waals surface area (Å²) in [6.07, 6.45) is 7.17. The van der Waals surface area contributed by atoms with Crippen LogP contribution in [0.3, 0.4) is 0 Å². The SMILES string of the molecule is CC1CCC(C(C)C)C(OC[C@@H]2CCCN2)C1. The fourth-order valence-corrected chi connectivity index (χ4v) is 3.45. The molecule has 2 heteroatoms. The van der Waals surface area contributed by atoms with Crippen molar-refractivity contribution in [2.45, 2.75) is 65.0 Å². The molecule has 0 aromatic rings. The third-order valence-corrected chi connectivity index (χ3v) is 4.64. The highest BCUT2D eigenvalue weighted by atomic mass is 16.5. The summed E-state index contributed by atoms with van der Waals surface area (Å²) >= 11 is 0. The van der Waals surface area contributed by atoms with E-state index in [0.717, 1.165) is 24.4 Å². The number of ether oxygens (including phenoxy) is 1. The third-order valence-electron chi connectivity index (χ3n) is 4.64. The zero-order valence-electron chi connectivity index (χ0n) is 11.7. The lowest BCUT2D eigenvalue weighted by Crippen LogP contribution is -2.37. The van der Waals surface area contributed by atoms with Gasteiger partial charge in [-0.25, -0.2) is 0 Å². The van der Waals surface area contributed by atoms with Crippen LogP contribution in [0.2, 0.25) is 0 Å². The van der Waals surface area contributed by atoms with E-state index in [1.165, 1.54) is 38.6 Å². The molecule has 2 fully saturated rings. The zero-order valence-corrected chi connectivity index (χ0v) is 11.7. The highest BCUT2D eigenvalue weighted by Gasteiger charge is 2.31. The van der Waals surface area contributed by atoms with Crippen LogP contribution in [0, 0.1) is 17.8 Å². The minimum absolute atomic E-state index is 0.515. The number of hydrogen-bond donors (Lipinski definition) is 1. The molecule has 2 nitrogen and oxygen atoms in total. The van der Waals surface area contributed by atoms with E-state index >= 15 is 0 Å². The smallest absolute Gasteiger partial charge is 0.0623 e. The maximum Gasteiger partial charge on any atom is 0.0623 e. The summed E-state index contributed by atoms with van der Waals surface area (Å²) in [6, 6.07) is 0.625. The third kappa shape index (κ3) is 3.69. The molecule has 0 radical (unpaired) electrons. The fourth-order valence-electron chi connectivity index (χ4n) is 3.45. The van der Waals surface area contributed by atoms with Gasteiger partial charge in [0.05, 0.1) is 12.7 Å². The summed E-state index contributed by atoms with van der Waals surface area (Å²) in [6.45, 7) is 9.19. The van der Waals surface area contributed by atoms with Crippen molar-refractivity contribution < 1.29 is 4.74 Å². The second kappa shape index (κ2) is 6.19. The maximum absolute atomic E-state index is 6.25. The topological polar surface area (TPSA) is 21.3 Å². The first-order valence-corrected chi connectivity index (χ1v) is 7.51. The minimum atomic E-state index is 0.515. The quantitative estimate of drug-likeness (QED) is 0.813. The molecule has 0 aromatic heterocycles. The van der Waals surface area contributed by atoms with Crippen molar-refractivity contribution in [2.75, 3.05) is 13.2 Å². The van der Waals surface area contributed by atoms with Crippen molar-refractivity contribution in [1.82, 2.24) is 5.32 Å². The summed E-state index contributed by atoms with van der Waals surface area (Å²) in [4.78, 5) is 0. The van der Waals surface area contributed by atoms with Crippen molar-refractivity contribution in [2.24, 2.45) is 17.8 Å². The Morgan fingerprint density at radius 1 is 1.24 bits per heavy atom. The van der Waals surface area contributed by atoms with Crippen molar-refractivity contribution in [3.8, 4) is 0 Å². The lowest BCUT2D eigenvalue weighted by atomic mass is 9.75. The van der Waals surface area contributed by atoms with Gasteiger partial charge in [0.15, 0.2) is 0 Å². The zero-order chi connectivity index (χ0) is 12.3. The summed E-state index contributed by atoms with van der Waals surface area (Å²) in [5.74, 6) is 2.41. The van der Waals surface area contributed by atoms with E-state index in [0.29, 0.717) is 12.1 Å². The van der Waals surface area contributed by atoms with E-state index in [-0.39, 0.29) is 0 Å². The second-order valence-corrected chi connectivity index (χ2v) is 6.49. The van der Waals surface area contributed by atoms with E-state index in [1.54, 1.807) is 0 Å². The summed E-state index contributed by atoms with van der Waals surface area (Å²) in [7, 11) is 0. The molecule has 1 N–H and O–H groups in total. The first-order chi connectivity index (χ1) is 8.16. The van der Waals surface area contributed by atoms with Crippen LogP contribution in [-0.4, -0.2) is 25.3 Å². The van der Waals surface area contributed by atoms with Crippen molar-refractivity contribution in [3.05, 3.63) is 0 Å². The Morgan fingerprint density at radius 2 is 2.06 bits per heavy atom. The van der Waals surface area contributed by atoms with Crippen molar-refractivity contribution in [3.63, 3.8) is 0 Å². The number of hydrogen-bond acceptors (Lipinski definition) is 2. The van der Waals surface area contributed by atoms with Crippen LogP contribution in [0.4, 0.5) is 0 Å². The first-order valence-electron chi connectivity index (χ1n) is 7.51.